The van der Waals surface area contributed by atoms with E-state index in [1.807, 2.05) is 6.92 Å². The number of carbonyl (C=O) groups excluding carboxylic acids is 1. The van der Waals surface area contributed by atoms with Gasteiger partial charge in [-0.2, -0.15) is 5.26 Å². The average Bonchev–Trinajstić information content (AvgIpc) is 2.36. The molecule has 0 aromatic heterocycles. The summed E-state index contributed by atoms with van der Waals surface area (Å²) in [5.74, 6) is -0.157. The first-order valence-electron chi connectivity index (χ1n) is 6.45. The highest BCUT2D eigenvalue weighted by molar-refractivity contribution is 5.84. The summed E-state index contributed by atoms with van der Waals surface area (Å²) in [6.07, 6.45) is 1.66. The van der Waals surface area contributed by atoms with Crippen LogP contribution in [0.1, 0.15) is 40.5 Å². The molecule has 0 heterocycles. The van der Waals surface area contributed by atoms with E-state index in [-0.39, 0.29) is 5.91 Å². The average molecular weight is 239 g/mol. The lowest BCUT2D eigenvalue weighted by molar-refractivity contribution is -0.127. The summed E-state index contributed by atoms with van der Waals surface area (Å²) in [6, 6.07) is 2.08. The summed E-state index contributed by atoms with van der Waals surface area (Å²) in [5, 5.41) is 11.8. The van der Waals surface area contributed by atoms with Crippen LogP contribution in [0.15, 0.2) is 0 Å². The molecule has 0 aliphatic rings. The Balaban J connectivity index is 4.05. The summed E-state index contributed by atoms with van der Waals surface area (Å²) in [5.41, 5.74) is -0.887. The van der Waals surface area contributed by atoms with Crippen molar-refractivity contribution in [1.29, 1.82) is 5.26 Å². The van der Waals surface area contributed by atoms with Crippen molar-refractivity contribution in [2.45, 2.75) is 40.5 Å². The van der Waals surface area contributed by atoms with Crippen molar-refractivity contribution in [3.63, 3.8) is 0 Å². The molecular weight excluding hydrogens is 214 g/mol. The Labute approximate surface area is 105 Å². The monoisotopic (exact) mass is 239 g/mol. The highest BCUT2D eigenvalue weighted by Gasteiger charge is 2.30. The van der Waals surface area contributed by atoms with Crippen LogP contribution in [0.3, 0.4) is 0 Å². The second-order valence-corrected chi connectivity index (χ2v) is 4.49. The van der Waals surface area contributed by atoms with Gasteiger partial charge >= 0.3 is 0 Å². The molecule has 0 bridgehead atoms. The Morgan fingerprint density at radius 3 is 2.41 bits per heavy atom. The molecule has 0 radical (unpaired) electrons. The zero-order valence-corrected chi connectivity index (χ0v) is 11.5. The molecule has 0 saturated carbocycles. The number of amides is 1. The third-order valence-corrected chi connectivity index (χ3v) is 3.16. The molecule has 4 nitrogen and oxygen atoms in total. The molecule has 98 valence electrons. The van der Waals surface area contributed by atoms with Crippen LogP contribution in [0, 0.1) is 16.7 Å². The normalized spacial score (nSPS) is 14.1. The lowest BCUT2D eigenvalue weighted by Gasteiger charge is -2.22. The van der Waals surface area contributed by atoms with Crippen LogP contribution in [-0.2, 0) is 4.79 Å². The first kappa shape index (κ1) is 15.9. The Bertz CT molecular complexity index is 272. The molecule has 0 fully saturated rings. The second kappa shape index (κ2) is 8.08. The van der Waals surface area contributed by atoms with Gasteiger partial charge in [-0.25, -0.2) is 0 Å². The molecule has 17 heavy (non-hydrogen) atoms. The fourth-order valence-corrected chi connectivity index (χ4v) is 1.56. The zero-order valence-electron chi connectivity index (χ0n) is 11.5. The van der Waals surface area contributed by atoms with Gasteiger partial charge in [0.1, 0.15) is 5.41 Å². The van der Waals surface area contributed by atoms with E-state index in [1.54, 1.807) is 6.92 Å². The van der Waals surface area contributed by atoms with Crippen molar-refractivity contribution in [3.8, 4) is 6.07 Å². The Kier molecular flexibility index (Phi) is 7.56. The Morgan fingerprint density at radius 2 is 2.00 bits per heavy atom. The lowest BCUT2D eigenvalue weighted by Crippen LogP contribution is -2.41. The smallest absolute Gasteiger partial charge is 0.240 e. The lowest BCUT2D eigenvalue weighted by atomic mass is 9.88. The first-order valence-corrected chi connectivity index (χ1v) is 6.45. The minimum atomic E-state index is -0.887. The van der Waals surface area contributed by atoms with Crippen LogP contribution in [0.4, 0.5) is 0 Å². The molecule has 0 rings (SSSR count). The minimum absolute atomic E-state index is 0.157. The molecule has 1 amide bonds. The van der Waals surface area contributed by atoms with Crippen LogP contribution < -0.4 is 5.32 Å². The van der Waals surface area contributed by atoms with Gasteiger partial charge in [-0.05, 0) is 32.9 Å². The van der Waals surface area contributed by atoms with Gasteiger partial charge in [0.05, 0.1) is 6.07 Å². The standard InChI is InChI=1S/C13H25N3O/c1-5-9-16(7-3)10-8-15-12(17)13(4,6-2)11-14/h5-10H2,1-4H3,(H,15,17). The summed E-state index contributed by atoms with van der Waals surface area (Å²) in [6.45, 7) is 11.3. The predicted molar refractivity (Wildman–Crippen MR) is 69.4 cm³/mol. The number of hydrogen-bond acceptors (Lipinski definition) is 3. The first-order chi connectivity index (χ1) is 8.03. The maximum atomic E-state index is 11.8. The van der Waals surface area contributed by atoms with Crippen LogP contribution in [-0.4, -0.2) is 37.0 Å². The molecule has 0 aliphatic carbocycles. The quantitative estimate of drug-likeness (QED) is 0.702. The SMILES string of the molecule is CCCN(CC)CCNC(=O)C(C)(C#N)CC. The molecular formula is C13H25N3O. The number of hydrogen-bond donors (Lipinski definition) is 1. The maximum Gasteiger partial charge on any atom is 0.240 e. The van der Waals surface area contributed by atoms with Crippen LogP contribution >= 0.6 is 0 Å². The van der Waals surface area contributed by atoms with Gasteiger partial charge in [0.2, 0.25) is 5.91 Å². The maximum absolute atomic E-state index is 11.8. The number of nitrogens with zero attached hydrogens (tertiary/aromatic N) is 2. The number of carbonyl (C=O) groups is 1. The summed E-state index contributed by atoms with van der Waals surface area (Å²) < 4.78 is 0. The van der Waals surface area contributed by atoms with Gasteiger partial charge in [0, 0.05) is 13.1 Å². The molecule has 0 aliphatic heterocycles. The predicted octanol–water partition coefficient (Wildman–Crippen LogP) is 1.77. The van der Waals surface area contributed by atoms with Crippen LogP contribution in [0.25, 0.3) is 0 Å². The number of nitrogens with one attached hydrogen (secondary N) is 1. The van der Waals surface area contributed by atoms with E-state index in [4.69, 9.17) is 5.26 Å². The minimum Gasteiger partial charge on any atom is -0.353 e. The highest BCUT2D eigenvalue weighted by Crippen LogP contribution is 2.19. The van der Waals surface area contributed by atoms with E-state index in [1.165, 1.54) is 0 Å². The number of nitriles is 1. The van der Waals surface area contributed by atoms with Crippen molar-refractivity contribution in [1.82, 2.24) is 10.2 Å². The highest BCUT2D eigenvalue weighted by atomic mass is 16.2. The van der Waals surface area contributed by atoms with E-state index in [9.17, 15) is 4.79 Å². The van der Waals surface area contributed by atoms with Crippen LogP contribution in [0.5, 0.6) is 0 Å². The Morgan fingerprint density at radius 1 is 1.35 bits per heavy atom. The fraction of sp³-hybridized carbons (Fsp3) is 0.846. The molecule has 0 spiro atoms. The van der Waals surface area contributed by atoms with Gasteiger partial charge in [0.15, 0.2) is 0 Å². The molecule has 1 atom stereocenters. The van der Waals surface area contributed by atoms with Gasteiger partial charge < -0.3 is 10.2 Å². The second-order valence-electron chi connectivity index (χ2n) is 4.49. The van der Waals surface area contributed by atoms with Crippen molar-refractivity contribution < 1.29 is 4.79 Å². The topological polar surface area (TPSA) is 56.1 Å². The summed E-state index contributed by atoms with van der Waals surface area (Å²) in [7, 11) is 0. The molecule has 1 unspecified atom stereocenters. The fourth-order valence-electron chi connectivity index (χ4n) is 1.56. The molecule has 4 heteroatoms. The third kappa shape index (κ3) is 5.18. The van der Waals surface area contributed by atoms with Gasteiger partial charge in [-0.3, -0.25) is 4.79 Å². The van der Waals surface area contributed by atoms with E-state index in [2.05, 4.69) is 30.1 Å². The van der Waals surface area contributed by atoms with Gasteiger partial charge in [0.25, 0.3) is 0 Å². The van der Waals surface area contributed by atoms with Gasteiger partial charge in [-0.15, -0.1) is 0 Å². The summed E-state index contributed by atoms with van der Waals surface area (Å²) >= 11 is 0. The molecule has 0 aromatic rings. The largest absolute Gasteiger partial charge is 0.353 e. The molecule has 1 N–H and O–H groups in total. The number of rotatable bonds is 8. The van der Waals surface area contributed by atoms with Gasteiger partial charge in [-0.1, -0.05) is 20.8 Å². The third-order valence-electron chi connectivity index (χ3n) is 3.16. The zero-order chi connectivity index (χ0) is 13.3. The van der Waals surface area contributed by atoms with Crippen molar-refractivity contribution >= 4 is 5.91 Å². The molecule has 0 saturated heterocycles. The van der Waals surface area contributed by atoms with Crippen molar-refractivity contribution in [3.05, 3.63) is 0 Å². The number of likely N-dealkylation sites (N-methyl/N-ethyl adjacent to an activating group) is 1. The molecule has 0 aromatic carbocycles. The van der Waals surface area contributed by atoms with Crippen molar-refractivity contribution in [2.75, 3.05) is 26.2 Å². The van der Waals surface area contributed by atoms with Crippen molar-refractivity contribution in [2.24, 2.45) is 5.41 Å². The summed E-state index contributed by atoms with van der Waals surface area (Å²) in [4.78, 5) is 14.1. The Hall–Kier alpha value is -1.08. The van der Waals surface area contributed by atoms with E-state index < -0.39 is 5.41 Å². The van der Waals surface area contributed by atoms with E-state index in [0.717, 1.165) is 26.1 Å². The van der Waals surface area contributed by atoms with Crippen LogP contribution in [0.2, 0.25) is 0 Å². The van der Waals surface area contributed by atoms with E-state index in [0.29, 0.717) is 13.0 Å². The van der Waals surface area contributed by atoms with E-state index >= 15 is 0 Å².